The molecule has 0 bridgehead atoms. The van der Waals surface area contributed by atoms with Crippen LogP contribution in [0.3, 0.4) is 0 Å². The van der Waals surface area contributed by atoms with E-state index in [1.807, 2.05) is 0 Å². The van der Waals surface area contributed by atoms with Crippen molar-refractivity contribution < 1.29 is 9.47 Å². The zero-order chi connectivity index (χ0) is 21.8. The highest BCUT2D eigenvalue weighted by Crippen LogP contribution is 2.31. The van der Waals surface area contributed by atoms with E-state index in [1.165, 1.54) is 76.2 Å². The second-order valence-corrected chi connectivity index (χ2v) is 9.58. The van der Waals surface area contributed by atoms with Crippen molar-refractivity contribution in [2.75, 3.05) is 0 Å². The Morgan fingerprint density at radius 1 is 0.867 bits per heavy atom. The van der Waals surface area contributed by atoms with Crippen molar-refractivity contribution in [2.45, 2.75) is 130 Å². The maximum absolute atomic E-state index is 6.55. The minimum absolute atomic E-state index is 0.127. The third kappa shape index (κ3) is 8.25. The van der Waals surface area contributed by atoms with Gasteiger partial charge >= 0.3 is 0 Å². The molecule has 0 heterocycles. The molecular weight excluding hydrogens is 368 g/mol. The first-order chi connectivity index (χ1) is 14.6. The molecule has 0 aliphatic heterocycles. The summed E-state index contributed by atoms with van der Waals surface area (Å²) >= 11 is 0. The van der Waals surface area contributed by atoms with E-state index in [0.29, 0.717) is 17.9 Å². The van der Waals surface area contributed by atoms with Crippen molar-refractivity contribution in [3.8, 4) is 5.75 Å². The number of benzene rings is 1. The third-order valence-corrected chi connectivity index (χ3v) is 7.20. The van der Waals surface area contributed by atoms with Gasteiger partial charge in [0.25, 0.3) is 0 Å². The van der Waals surface area contributed by atoms with Crippen LogP contribution in [-0.4, -0.2) is 12.4 Å². The summed E-state index contributed by atoms with van der Waals surface area (Å²) < 4.78 is 13.0. The van der Waals surface area contributed by atoms with Gasteiger partial charge in [-0.15, -0.1) is 0 Å². The molecule has 4 unspecified atom stereocenters. The van der Waals surface area contributed by atoms with Gasteiger partial charge < -0.3 is 9.47 Å². The van der Waals surface area contributed by atoms with Crippen LogP contribution in [0.2, 0.25) is 0 Å². The first-order valence-corrected chi connectivity index (χ1v) is 13.0. The molecule has 30 heavy (non-hydrogen) atoms. The maximum Gasteiger partial charge on any atom is 0.200 e. The summed E-state index contributed by atoms with van der Waals surface area (Å²) in [5.41, 5.74) is 1.44. The van der Waals surface area contributed by atoms with Crippen LogP contribution in [0.4, 0.5) is 0 Å². The van der Waals surface area contributed by atoms with Crippen LogP contribution in [0.15, 0.2) is 24.3 Å². The Morgan fingerprint density at radius 2 is 1.53 bits per heavy atom. The predicted molar refractivity (Wildman–Crippen MR) is 129 cm³/mol. The van der Waals surface area contributed by atoms with Crippen molar-refractivity contribution >= 4 is 0 Å². The fourth-order valence-electron chi connectivity index (χ4n) is 5.23. The Bertz CT molecular complexity index is 546. The van der Waals surface area contributed by atoms with Gasteiger partial charge in [-0.25, -0.2) is 0 Å². The van der Waals surface area contributed by atoms with Crippen LogP contribution < -0.4 is 4.74 Å². The molecule has 1 saturated carbocycles. The van der Waals surface area contributed by atoms with Gasteiger partial charge in [-0.3, -0.25) is 0 Å². The van der Waals surface area contributed by atoms with Crippen LogP contribution in [0, 0.1) is 11.8 Å². The van der Waals surface area contributed by atoms with Gasteiger partial charge in [-0.05, 0) is 61.1 Å². The highest BCUT2D eigenvalue weighted by molar-refractivity contribution is 5.29. The molecule has 0 radical (unpaired) electrons. The summed E-state index contributed by atoms with van der Waals surface area (Å²) in [6, 6.07) is 8.87. The average Bonchev–Trinajstić information content (AvgIpc) is 2.77. The zero-order valence-corrected chi connectivity index (χ0v) is 20.5. The monoisotopic (exact) mass is 416 g/mol. The Hall–Kier alpha value is -1.02. The molecule has 2 nitrogen and oxygen atoms in total. The minimum atomic E-state index is -0.127. The second-order valence-electron chi connectivity index (χ2n) is 9.58. The van der Waals surface area contributed by atoms with E-state index in [4.69, 9.17) is 9.47 Å². The molecule has 1 aromatic rings. The van der Waals surface area contributed by atoms with Crippen molar-refractivity contribution in [1.82, 2.24) is 0 Å². The topological polar surface area (TPSA) is 18.5 Å². The molecule has 4 atom stereocenters. The van der Waals surface area contributed by atoms with E-state index in [1.54, 1.807) is 0 Å². The summed E-state index contributed by atoms with van der Waals surface area (Å²) in [4.78, 5) is 0. The molecule has 0 amide bonds. The van der Waals surface area contributed by atoms with E-state index >= 15 is 0 Å². The van der Waals surface area contributed by atoms with Gasteiger partial charge in [0.2, 0.25) is 0 Å². The fourth-order valence-corrected chi connectivity index (χ4v) is 5.23. The van der Waals surface area contributed by atoms with E-state index in [9.17, 15) is 0 Å². The van der Waals surface area contributed by atoms with Gasteiger partial charge in [-0.2, -0.15) is 0 Å². The van der Waals surface area contributed by atoms with Crippen LogP contribution in [0.25, 0.3) is 0 Å². The number of rotatable bonds is 14. The zero-order valence-electron chi connectivity index (χ0n) is 20.5. The first-order valence-electron chi connectivity index (χ1n) is 13.0. The van der Waals surface area contributed by atoms with Crippen LogP contribution in [0.1, 0.15) is 123 Å². The standard InChI is InChI=1S/C28H48O2/c1-6-13-23(8-3)22(5)21-28(29-26-15-11-10-12-16-26)30-27-19-17-25(18-20-27)24(9-4)14-7-2/h17-20,22-24,26,28H,6-16,21H2,1-5H3. The highest BCUT2D eigenvalue weighted by Gasteiger charge is 2.25. The van der Waals surface area contributed by atoms with Gasteiger partial charge in [-0.1, -0.05) is 91.7 Å². The van der Waals surface area contributed by atoms with Gasteiger partial charge in [0, 0.05) is 6.42 Å². The van der Waals surface area contributed by atoms with Gasteiger partial charge in [0.05, 0.1) is 6.10 Å². The third-order valence-electron chi connectivity index (χ3n) is 7.20. The molecule has 2 rings (SSSR count). The average molecular weight is 417 g/mol. The van der Waals surface area contributed by atoms with Crippen molar-refractivity contribution in [3.63, 3.8) is 0 Å². The molecule has 0 spiro atoms. The van der Waals surface area contributed by atoms with Gasteiger partial charge in [0.1, 0.15) is 5.75 Å². The summed E-state index contributed by atoms with van der Waals surface area (Å²) in [6.45, 7) is 11.6. The summed E-state index contributed by atoms with van der Waals surface area (Å²) in [5.74, 6) is 3.01. The van der Waals surface area contributed by atoms with Crippen LogP contribution >= 0.6 is 0 Å². The summed E-state index contributed by atoms with van der Waals surface area (Å²) in [5, 5.41) is 0. The van der Waals surface area contributed by atoms with Crippen molar-refractivity contribution in [2.24, 2.45) is 11.8 Å². The highest BCUT2D eigenvalue weighted by atomic mass is 16.7. The summed E-state index contributed by atoms with van der Waals surface area (Å²) in [6.07, 6.45) is 15.1. The van der Waals surface area contributed by atoms with E-state index in [0.717, 1.165) is 18.1 Å². The maximum atomic E-state index is 6.55. The smallest absolute Gasteiger partial charge is 0.200 e. The Balaban J connectivity index is 2.05. The number of hydrogen-bond acceptors (Lipinski definition) is 2. The molecule has 1 fully saturated rings. The Kier molecular flexibility index (Phi) is 11.9. The molecule has 1 aliphatic rings. The molecule has 0 saturated heterocycles. The molecule has 1 aromatic carbocycles. The normalized spacial score (nSPS) is 19.2. The lowest BCUT2D eigenvalue weighted by Crippen LogP contribution is -2.31. The molecule has 0 aromatic heterocycles. The van der Waals surface area contributed by atoms with Crippen LogP contribution in [-0.2, 0) is 4.74 Å². The molecule has 1 aliphatic carbocycles. The Morgan fingerprint density at radius 3 is 2.10 bits per heavy atom. The first kappa shape index (κ1) is 25.2. The van der Waals surface area contributed by atoms with E-state index in [2.05, 4.69) is 58.9 Å². The second kappa shape index (κ2) is 14.1. The van der Waals surface area contributed by atoms with Crippen LogP contribution in [0.5, 0.6) is 5.75 Å². The Labute approximate surface area is 187 Å². The minimum Gasteiger partial charge on any atom is -0.465 e. The lowest BCUT2D eigenvalue weighted by atomic mass is 9.85. The number of ether oxygens (including phenoxy) is 2. The largest absolute Gasteiger partial charge is 0.465 e. The quantitative estimate of drug-likeness (QED) is 0.282. The van der Waals surface area contributed by atoms with Crippen molar-refractivity contribution in [3.05, 3.63) is 29.8 Å². The fraction of sp³-hybridized carbons (Fsp3) is 0.786. The van der Waals surface area contributed by atoms with E-state index < -0.39 is 0 Å². The summed E-state index contributed by atoms with van der Waals surface area (Å²) in [7, 11) is 0. The molecule has 172 valence electrons. The van der Waals surface area contributed by atoms with E-state index in [-0.39, 0.29) is 6.29 Å². The van der Waals surface area contributed by atoms with Crippen molar-refractivity contribution in [1.29, 1.82) is 0 Å². The predicted octanol–water partition coefficient (Wildman–Crippen LogP) is 8.89. The molecule has 2 heteroatoms. The number of hydrogen-bond donors (Lipinski definition) is 0. The lowest BCUT2D eigenvalue weighted by molar-refractivity contribution is -0.139. The SMILES string of the molecule is CCCC(CC)c1ccc(OC(CC(C)C(CC)CCC)OC2CCCCC2)cc1. The lowest BCUT2D eigenvalue weighted by Gasteiger charge is -2.31. The van der Waals surface area contributed by atoms with Gasteiger partial charge in [0.15, 0.2) is 6.29 Å². The molecular formula is C28H48O2. The molecule has 0 N–H and O–H groups in total.